The lowest BCUT2D eigenvalue weighted by Gasteiger charge is -2.05. The van der Waals surface area contributed by atoms with Crippen LogP contribution in [0, 0.1) is 0 Å². The van der Waals surface area contributed by atoms with Gasteiger partial charge in [0.15, 0.2) is 0 Å². The molecule has 210 valence electrons. The molecule has 0 aromatic heterocycles. The molecule has 0 bridgehead atoms. The first-order valence-corrected chi connectivity index (χ1v) is 14.6. The van der Waals surface area contributed by atoms with Gasteiger partial charge in [0.2, 0.25) is 0 Å². The number of esters is 2. The van der Waals surface area contributed by atoms with Crippen molar-refractivity contribution < 1.29 is 19.1 Å². The number of hydrogen-bond acceptors (Lipinski definition) is 4. The van der Waals surface area contributed by atoms with Crippen molar-refractivity contribution in [3.63, 3.8) is 0 Å². The highest BCUT2D eigenvalue weighted by molar-refractivity contribution is 5.87. The van der Waals surface area contributed by atoms with E-state index in [9.17, 15) is 9.59 Å². The van der Waals surface area contributed by atoms with Gasteiger partial charge >= 0.3 is 11.9 Å². The van der Waals surface area contributed by atoms with Crippen molar-refractivity contribution in [1.82, 2.24) is 0 Å². The third-order valence-electron chi connectivity index (χ3n) is 6.14. The number of ether oxygens (including phenoxy) is 2. The molecule has 0 fully saturated rings. The average Bonchev–Trinajstić information content (AvgIpc) is 2.89. The average molecular weight is 515 g/mol. The summed E-state index contributed by atoms with van der Waals surface area (Å²) in [6.07, 6.45) is 21.7. The van der Waals surface area contributed by atoms with Crippen LogP contribution in [-0.4, -0.2) is 18.5 Å². The van der Waals surface area contributed by atoms with E-state index < -0.39 is 0 Å². The van der Waals surface area contributed by atoms with Gasteiger partial charge in [-0.15, -0.1) is 0 Å². The Morgan fingerprint density at radius 2 is 0.973 bits per heavy atom. The predicted molar refractivity (Wildman–Crippen MR) is 156 cm³/mol. The van der Waals surface area contributed by atoms with Crippen LogP contribution < -0.4 is 0 Å². The Bertz CT molecular complexity index is 723. The highest BCUT2D eigenvalue weighted by Gasteiger charge is 2.03. The van der Waals surface area contributed by atoms with Crippen LogP contribution in [0.4, 0.5) is 0 Å². The van der Waals surface area contributed by atoms with Crippen LogP contribution in [0.2, 0.25) is 0 Å². The summed E-state index contributed by atoms with van der Waals surface area (Å²) >= 11 is 0. The SMILES string of the molecule is C=C(C)C(=O)OCCCCCCCCCCCCCCCCCC.C=C(C)C(=O)OCc1ccccc1. The van der Waals surface area contributed by atoms with Gasteiger partial charge < -0.3 is 9.47 Å². The Hall–Kier alpha value is -2.36. The monoisotopic (exact) mass is 514 g/mol. The van der Waals surface area contributed by atoms with Crippen molar-refractivity contribution in [3.05, 3.63) is 60.2 Å². The van der Waals surface area contributed by atoms with E-state index in [0.717, 1.165) is 12.0 Å². The van der Waals surface area contributed by atoms with Gasteiger partial charge in [-0.1, -0.05) is 147 Å². The Balaban J connectivity index is 0.000000832. The predicted octanol–water partition coefficient (Wildman–Crippen LogP) is 9.67. The first-order valence-electron chi connectivity index (χ1n) is 14.6. The second-order valence-electron chi connectivity index (χ2n) is 10.1. The maximum Gasteiger partial charge on any atom is 0.333 e. The van der Waals surface area contributed by atoms with E-state index in [1.54, 1.807) is 13.8 Å². The molecule has 1 aromatic rings. The zero-order valence-electron chi connectivity index (χ0n) is 24.2. The van der Waals surface area contributed by atoms with Gasteiger partial charge in [0.1, 0.15) is 6.61 Å². The molecule has 0 aliphatic heterocycles. The fraction of sp³-hybridized carbons (Fsp3) is 0.636. The summed E-state index contributed by atoms with van der Waals surface area (Å²) in [5.74, 6) is -0.597. The first kappa shape index (κ1) is 34.6. The maximum atomic E-state index is 11.2. The van der Waals surface area contributed by atoms with Crippen LogP contribution in [0.3, 0.4) is 0 Å². The lowest BCUT2D eigenvalue weighted by Crippen LogP contribution is -2.05. The topological polar surface area (TPSA) is 52.6 Å². The number of rotatable bonds is 21. The fourth-order valence-corrected chi connectivity index (χ4v) is 3.78. The molecule has 0 N–H and O–H groups in total. The summed E-state index contributed by atoms with van der Waals surface area (Å²) in [4.78, 5) is 22.2. The molecule has 1 rings (SSSR count). The molecule has 0 aliphatic carbocycles. The minimum absolute atomic E-state index is 0.254. The van der Waals surface area contributed by atoms with Crippen LogP contribution in [0.25, 0.3) is 0 Å². The van der Waals surface area contributed by atoms with E-state index >= 15 is 0 Å². The van der Waals surface area contributed by atoms with Crippen molar-refractivity contribution in [2.75, 3.05) is 6.61 Å². The number of carbonyl (C=O) groups is 2. The first-order chi connectivity index (χ1) is 17.9. The highest BCUT2D eigenvalue weighted by Crippen LogP contribution is 2.13. The smallest absolute Gasteiger partial charge is 0.333 e. The maximum absolute atomic E-state index is 11.2. The number of unbranched alkanes of at least 4 members (excludes halogenated alkanes) is 15. The van der Waals surface area contributed by atoms with Crippen LogP contribution in [0.1, 0.15) is 129 Å². The van der Waals surface area contributed by atoms with Crippen molar-refractivity contribution in [2.45, 2.75) is 130 Å². The standard InChI is InChI=1S/C22H42O2.C11H12O2/c1-4-5-6-7-8-9-10-11-12-13-14-15-16-17-18-19-20-24-22(23)21(2)3;1-9(2)11(12)13-8-10-6-4-3-5-7-10/h2,4-20H2,1,3H3;3-7H,1,8H2,2H3. The summed E-state index contributed by atoms with van der Waals surface area (Å²) < 4.78 is 10.0. The molecule has 0 radical (unpaired) electrons. The molecular weight excluding hydrogens is 460 g/mol. The quantitative estimate of drug-likeness (QED) is 0.0930. The van der Waals surface area contributed by atoms with Gasteiger partial charge in [-0.3, -0.25) is 0 Å². The molecule has 0 unspecified atom stereocenters. The summed E-state index contributed by atoms with van der Waals surface area (Å²) in [5.41, 5.74) is 1.90. The van der Waals surface area contributed by atoms with Gasteiger partial charge in [-0.2, -0.15) is 0 Å². The van der Waals surface area contributed by atoms with Crippen molar-refractivity contribution in [2.24, 2.45) is 0 Å². The number of hydrogen-bond donors (Lipinski definition) is 0. The molecular formula is C33H54O4. The molecule has 0 amide bonds. The van der Waals surface area contributed by atoms with Gasteiger partial charge in [0.05, 0.1) is 6.61 Å². The van der Waals surface area contributed by atoms with E-state index in [1.807, 2.05) is 30.3 Å². The largest absolute Gasteiger partial charge is 0.462 e. The van der Waals surface area contributed by atoms with E-state index in [2.05, 4.69) is 20.1 Å². The second kappa shape index (κ2) is 25.3. The van der Waals surface area contributed by atoms with Gasteiger partial charge in [0.25, 0.3) is 0 Å². The molecule has 0 saturated heterocycles. The molecule has 0 aliphatic rings. The molecule has 0 saturated carbocycles. The molecule has 4 heteroatoms. The van der Waals surface area contributed by atoms with Crippen molar-refractivity contribution in [3.8, 4) is 0 Å². The third kappa shape index (κ3) is 23.8. The number of carbonyl (C=O) groups excluding carboxylic acids is 2. The Labute approximate surface area is 227 Å². The van der Waals surface area contributed by atoms with Crippen molar-refractivity contribution >= 4 is 11.9 Å². The fourth-order valence-electron chi connectivity index (χ4n) is 3.78. The molecule has 0 heterocycles. The van der Waals surface area contributed by atoms with E-state index in [4.69, 9.17) is 9.47 Å². The normalized spacial score (nSPS) is 10.2. The zero-order chi connectivity index (χ0) is 27.6. The lowest BCUT2D eigenvalue weighted by atomic mass is 10.0. The van der Waals surface area contributed by atoms with E-state index in [-0.39, 0.29) is 11.9 Å². The second-order valence-corrected chi connectivity index (χ2v) is 10.1. The zero-order valence-corrected chi connectivity index (χ0v) is 24.2. The number of benzene rings is 1. The van der Waals surface area contributed by atoms with Crippen LogP contribution in [0.15, 0.2) is 54.6 Å². The molecule has 4 nitrogen and oxygen atoms in total. The Kier molecular flexibility index (Phi) is 23.7. The van der Waals surface area contributed by atoms with Crippen LogP contribution >= 0.6 is 0 Å². The van der Waals surface area contributed by atoms with Gasteiger partial charge in [-0.05, 0) is 25.8 Å². The minimum Gasteiger partial charge on any atom is -0.462 e. The molecule has 1 aromatic carbocycles. The van der Waals surface area contributed by atoms with Crippen LogP contribution in [-0.2, 0) is 25.7 Å². The molecule has 0 spiro atoms. The van der Waals surface area contributed by atoms with Gasteiger partial charge in [-0.25, -0.2) is 9.59 Å². The van der Waals surface area contributed by atoms with Gasteiger partial charge in [0, 0.05) is 11.1 Å². The summed E-state index contributed by atoms with van der Waals surface area (Å²) in [6.45, 7) is 13.5. The lowest BCUT2D eigenvalue weighted by molar-refractivity contribution is -0.140. The van der Waals surface area contributed by atoms with Crippen LogP contribution in [0.5, 0.6) is 0 Å². The van der Waals surface area contributed by atoms with Crippen molar-refractivity contribution in [1.29, 1.82) is 0 Å². The minimum atomic E-state index is -0.344. The van der Waals surface area contributed by atoms with E-state index in [0.29, 0.717) is 24.4 Å². The summed E-state index contributed by atoms with van der Waals surface area (Å²) in [5, 5.41) is 0. The summed E-state index contributed by atoms with van der Waals surface area (Å²) in [6, 6.07) is 9.55. The highest BCUT2D eigenvalue weighted by atomic mass is 16.5. The third-order valence-corrected chi connectivity index (χ3v) is 6.14. The van der Waals surface area contributed by atoms with E-state index in [1.165, 1.54) is 96.3 Å². The Morgan fingerprint density at radius 3 is 1.38 bits per heavy atom. The molecule has 37 heavy (non-hydrogen) atoms. The summed E-state index contributed by atoms with van der Waals surface area (Å²) in [7, 11) is 0. The molecule has 0 atom stereocenters. The Morgan fingerprint density at radius 1 is 0.595 bits per heavy atom.